The Morgan fingerprint density at radius 3 is 2.74 bits per heavy atom. The highest BCUT2D eigenvalue weighted by Crippen LogP contribution is 2.30. The highest BCUT2D eigenvalue weighted by Gasteiger charge is 2.15. The first kappa shape index (κ1) is 15.4. The van der Waals surface area contributed by atoms with Gasteiger partial charge in [0.05, 0.1) is 4.92 Å². The molecule has 0 saturated carbocycles. The van der Waals surface area contributed by atoms with Crippen LogP contribution in [0.5, 0.6) is 0 Å². The van der Waals surface area contributed by atoms with Crippen molar-refractivity contribution in [2.45, 2.75) is 26.2 Å². The zero-order valence-electron chi connectivity index (χ0n) is 10.6. The van der Waals surface area contributed by atoms with Gasteiger partial charge < -0.3 is 11.1 Å². The number of anilines is 1. The largest absolute Gasteiger partial charge is 0.330 e. The topological polar surface area (TPSA) is 98.3 Å². The van der Waals surface area contributed by atoms with E-state index < -0.39 is 4.92 Å². The number of nitrogens with two attached hydrogens (primary N) is 1. The molecule has 7 heteroatoms. The van der Waals surface area contributed by atoms with E-state index in [0.717, 1.165) is 6.42 Å². The average Bonchev–Trinajstić information content (AvgIpc) is 2.33. The molecule has 0 saturated heterocycles. The molecular weight excluding hydrogens is 270 g/mol. The summed E-state index contributed by atoms with van der Waals surface area (Å²) >= 11 is 5.80. The molecule has 0 aliphatic heterocycles. The maximum atomic E-state index is 11.6. The van der Waals surface area contributed by atoms with Crippen molar-refractivity contribution in [1.29, 1.82) is 0 Å². The Kier molecular flexibility index (Phi) is 5.72. The molecule has 1 rings (SSSR count). The Hall–Kier alpha value is -1.66. The number of nitrogens with one attached hydrogen (secondary N) is 1. The van der Waals surface area contributed by atoms with E-state index in [2.05, 4.69) is 5.32 Å². The number of benzene rings is 1. The molecule has 0 aromatic heterocycles. The molecule has 0 unspecified atom stereocenters. The molecule has 19 heavy (non-hydrogen) atoms. The standard InChI is InChI=1S/C12H16ClN3O3/c1-8-6-11(16(18)19)9(13)7-10(8)15-12(17)4-2-3-5-14/h6-7H,2-5,14H2,1H3,(H,15,17). The van der Waals surface area contributed by atoms with Crippen LogP contribution in [0.15, 0.2) is 12.1 Å². The SMILES string of the molecule is Cc1cc([N+](=O)[O-])c(Cl)cc1NC(=O)CCCCN. The van der Waals surface area contributed by atoms with Crippen molar-refractivity contribution in [3.8, 4) is 0 Å². The molecule has 0 aliphatic rings. The minimum absolute atomic E-state index is 0.00728. The molecule has 1 amide bonds. The smallest absolute Gasteiger partial charge is 0.288 e. The predicted molar refractivity (Wildman–Crippen MR) is 74.4 cm³/mol. The molecule has 0 heterocycles. The Bertz CT molecular complexity index is 491. The van der Waals surface area contributed by atoms with E-state index in [0.29, 0.717) is 30.6 Å². The molecule has 0 atom stereocenters. The van der Waals surface area contributed by atoms with E-state index in [1.165, 1.54) is 12.1 Å². The van der Waals surface area contributed by atoms with Crippen LogP contribution >= 0.6 is 11.6 Å². The molecule has 0 bridgehead atoms. The molecule has 6 nitrogen and oxygen atoms in total. The Morgan fingerprint density at radius 1 is 1.47 bits per heavy atom. The fourth-order valence-electron chi connectivity index (χ4n) is 1.58. The molecule has 0 radical (unpaired) electrons. The molecule has 1 aromatic rings. The number of carbonyl (C=O) groups excluding carboxylic acids is 1. The number of nitro groups is 1. The molecular formula is C12H16ClN3O3. The number of nitro benzene ring substituents is 1. The van der Waals surface area contributed by atoms with Crippen molar-refractivity contribution in [1.82, 2.24) is 0 Å². The van der Waals surface area contributed by atoms with Crippen molar-refractivity contribution >= 4 is 28.9 Å². The predicted octanol–water partition coefficient (Wildman–Crippen LogP) is 2.62. The third-order valence-corrected chi connectivity index (χ3v) is 2.93. The van der Waals surface area contributed by atoms with Gasteiger partial charge in [-0.1, -0.05) is 11.6 Å². The molecule has 0 fully saturated rings. The Labute approximate surface area is 116 Å². The molecule has 0 aliphatic carbocycles. The summed E-state index contributed by atoms with van der Waals surface area (Å²) in [6, 6.07) is 2.74. The highest BCUT2D eigenvalue weighted by atomic mass is 35.5. The third kappa shape index (κ3) is 4.50. The van der Waals surface area contributed by atoms with Gasteiger partial charge in [0, 0.05) is 18.2 Å². The number of amides is 1. The first-order valence-corrected chi connectivity index (χ1v) is 6.28. The van der Waals surface area contributed by atoms with Gasteiger partial charge in [-0.15, -0.1) is 0 Å². The summed E-state index contributed by atoms with van der Waals surface area (Å²) in [5.41, 5.74) is 6.27. The van der Waals surface area contributed by atoms with E-state index in [-0.39, 0.29) is 16.6 Å². The fraction of sp³-hybridized carbons (Fsp3) is 0.417. The van der Waals surface area contributed by atoms with Crippen LogP contribution in [0.2, 0.25) is 5.02 Å². The summed E-state index contributed by atoms with van der Waals surface area (Å²) in [4.78, 5) is 21.8. The minimum atomic E-state index is -0.553. The van der Waals surface area contributed by atoms with Crippen molar-refractivity contribution in [2.24, 2.45) is 5.73 Å². The third-order valence-electron chi connectivity index (χ3n) is 2.62. The summed E-state index contributed by atoms with van der Waals surface area (Å²) < 4.78 is 0. The van der Waals surface area contributed by atoms with Crippen LogP contribution in [-0.4, -0.2) is 17.4 Å². The lowest BCUT2D eigenvalue weighted by atomic mass is 10.1. The van der Waals surface area contributed by atoms with Crippen molar-refractivity contribution in [3.63, 3.8) is 0 Å². The number of carbonyl (C=O) groups is 1. The van der Waals surface area contributed by atoms with Crippen LogP contribution in [0.3, 0.4) is 0 Å². The van der Waals surface area contributed by atoms with Crippen molar-refractivity contribution in [3.05, 3.63) is 32.8 Å². The maximum Gasteiger partial charge on any atom is 0.288 e. The number of halogens is 1. The summed E-state index contributed by atoms with van der Waals surface area (Å²) in [5, 5.41) is 13.4. The van der Waals surface area contributed by atoms with E-state index in [1.807, 2.05) is 0 Å². The summed E-state index contributed by atoms with van der Waals surface area (Å²) in [5.74, 6) is -0.151. The van der Waals surface area contributed by atoms with E-state index in [9.17, 15) is 14.9 Å². The second-order valence-electron chi connectivity index (χ2n) is 4.17. The van der Waals surface area contributed by atoms with Gasteiger partial charge in [0.15, 0.2) is 0 Å². The maximum absolute atomic E-state index is 11.6. The van der Waals surface area contributed by atoms with Crippen LogP contribution in [0.25, 0.3) is 0 Å². The van der Waals surface area contributed by atoms with Gasteiger partial charge in [-0.25, -0.2) is 0 Å². The van der Waals surface area contributed by atoms with Crippen LogP contribution in [-0.2, 0) is 4.79 Å². The highest BCUT2D eigenvalue weighted by molar-refractivity contribution is 6.33. The van der Waals surface area contributed by atoms with E-state index in [4.69, 9.17) is 17.3 Å². The van der Waals surface area contributed by atoms with Gasteiger partial charge in [-0.05, 0) is 37.9 Å². The number of rotatable bonds is 6. The number of aryl methyl sites for hydroxylation is 1. The van der Waals surface area contributed by atoms with Crippen LogP contribution in [0.1, 0.15) is 24.8 Å². The van der Waals surface area contributed by atoms with Gasteiger partial charge >= 0.3 is 0 Å². The van der Waals surface area contributed by atoms with Crippen molar-refractivity contribution in [2.75, 3.05) is 11.9 Å². The van der Waals surface area contributed by atoms with Gasteiger partial charge in [0.1, 0.15) is 5.02 Å². The molecule has 0 spiro atoms. The molecule has 3 N–H and O–H groups in total. The van der Waals surface area contributed by atoms with E-state index >= 15 is 0 Å². The number of hydrogen-bond acceptors (Lipinski definition) is 4. The zero-order valence-corrected chi connectivity index (χ0v) is 11.4. The Balaban J connectivity index is 2.77. The minimum Gasteiger partial charge on any atom is -0.330 e. The molecule has 104 valence electrons. The summed E-state index contributed by atoms with van der Waals surface area (Å²) in [6.07, 6.45) is 1.86. The fourth-order valence-corrected chi connectivity index (χ4v) is 1.82. The van der Waals surface area contributed by atoms with E-state index in [1.54, 1.807) is 6.92 Å². The number of unbranched alkanes of at least 4 members (excludes halogenated alkanes) is 1. The number of nitrogens with zero attached hydrogens (tertiary/aromatic N) is 1. The average molecular weight is 286 g/mol. The zero-order chi connectivity index (χ0) is 14.4. The first-order chi connectivity index (χ1) is 8.95. The lowest BCUT2D eigenvalue weighted by Crippen LogP contribution is -2.13. The lowest BCUT2D eigenvalue weighted by molar-refractivity contribution is -0.384. The van der Waals surface area contributed by atoms with Crippen LogP contribution in [0.4, 0.5) is 11.4 Å². The van der Waals surface area contributed by atoms with Gasteiger partial charge in [0.25, 0.3) is 5.69 Å². The first-order valence-electron chi connectivity index (χ1n) is 5.90. The van der Waals surface area contributed by atoms with Crippen LogP contribution < -0.4 is 11.1 Å². The quantitative estimate of drug-likeness (QED) is 0.477. The summed E-state index contributed by atoms with van der Waals surface area (Å²) in [7, 11) is 0. The summed E-state index contributed by atoms with van der Waals surface area (Å²) in [6.45, 7) is 2.23. The molecule has 1 aromatic carbocycles. The second kappa shape index (κ2) is 7.06. The lowest BCUT2D eigenvalue weighted by Gasteiger charge is -2.09. The van der Waals surface area contributed by atoms with Gasteiger partial charge in [-0.3, -0.25) is 14.9 Å². The Morgan fingerprint density at radius 2 is 2.16 bits per heavy atom. The second-order valence-corrected chi connectivity index (χ2v) is 4.58. The number of hydrogen-bond donors (Lipinski definition) is 2. The van der Waals surface area contributed by atoms with Crippen LogP contribution in [0, 0.1) is 17.0 Å². The van der Waals surface area contributed by atoms with Gasteiger partial charge in [-0.2, -0.15) is 0 Å². The van der Waals surface area contributed by atoms with Crippen molar-refractivity contribution < 1.29 is 9.72 Å². The monoisotopic (exact) mass is 285 g/mol. The normalized spacial score (nSPS) is 10.3. The van der Waals surface area contributed by atoms with Gasteiger partial charge in [0.2, 0.25) is 5.91 Å².